The Bertz CT molecular complexity index is 167. The fraction of sp³-hybridized carbons (Fsp3) is 0.600. The smallest absolute Gasteiger partial charge is 0.320 e. The molecular formula is C10H15O3. The molecule has 1 radical (unpaired) electrons. The van der Waals surface area contributed by atoms with Crippen LogP contribution in [-0.2, 0) is 14.3 Å². The van der Waals surface area contributed by atoms with Crippen molar-refractivity contribution < 1.29 is 14.3 Å². The Morgan fingerprint density at radius 3 is 2.77 bits per heavy atom. The van der Waals surface area contributed by atoms with Gasteiger partial charge >= 0.3 is 5.97 Å². The lowest BCUT2D eigenvalue weighted by Crippen LogP contribution is -2.17. The van der Waals surface area contributed by atoms with Gasteiger partial charge in [0, 0.05) is 0 Å². The zero-order valence-corrected chi connectivity index (χ0v) is 7.91. The molecule has 0 heterocycles. The maximum absolute atomic E-state index is 11.0. The predicted molar refractivity (Wildman–Crippen MR) is 49.9 cm³/mol. The third kappa shape index (κ3) is 5.17. The summed E-state index contributed by atoms with van der Waals surface area (Å²) < 4.78 is 4.82. The molecule has 0 aliphatic heterocycles. The number of unbranched alkanes of at least 4 members (excludes halogenated alkanes) is 2. The topological polar surface area (TPSA) is 43.4 Å². The molecule has 0 amide bonds. The van der Waals surface area contributed by atoms with E-state index < -0.39 is 11.9 Å². The fourth-order valence-corrected chi connectivity index (χ4v) is 0.807. The average molecular weight is 183 g/mol. The van der Waals surface area contributed by atoms with Gasteiger partial charge in [-0.3, -0.25) is 9.59 Å². The van der Waals surface area contributed by atoms with E-state index in [1.165, 1.54) is 6.08 Å². The third-order valence-corrected chi connectivity index (χ3v) is 1.61. The minimum Gasteiger partial charge on any atom is -0.465 e. The molecule has 0 bridgehead atoms. The summed E-state index contributed by atoms with van der Waals surface area (Å²) >= 11 is 0. The van der Waals surface area contributed by atoms with E-state index in [0.29, 0.717) is 6.61 Å². The first kappa shape index (κ1) is 11.9. The minimum absolute atomic E-state index is 0.374. The average Bonchev–Trinajstić information content (AvgIpc) is 2.14. The van der Waals surface area contributed by atoms with Crippen molar-refractivity contribution in [2.24, 2.45) is 5.92 Å². The summed E-state index contributed by atoms with van der Waals surface area (Å²) in [4.78, 5) is 21.2. The van der Waals surface area contributed by atoms with Crippen LogP contribution in [-0.4, -0.2) is 18.9 Å². The fourth-order valence-electron chi connectivity index (χ4n) is 0.807. The summed E-state index contributed by atoms with van der Waals surface area (Å²) in [5.41, 5.74) is 0. The molecule has 0 aliphatic rings. The second-order valence-corrected chi connectivity index (χ2v) is 2.71. The monoisotopic (exact) mass is 183 g/mol. The van der Waals surface area contributed by atoms with Gasteiger partial charge in [-0.2, -0.15) is 0 Å². The van der Waals surface area contributed by atoms with Crippen molar-refractivity contribution in [1.29, 1.82) is 0 Å². The van der Waals surface area contributed by atoms with E-state index in [1.54, 1.807) is 6.29 Å². The third-order valence-electron chi connectivity index (χ3n) is 1.61. The Hall–Kier alpha value is -1.12. The van der Waals surface area contributed by atoms with Crippen molar-refractivity contribution >= 4 is 12.3 Å². The van der Waals surface area contributed by atoms with E-state index in [9.17, 15) is 9.59 Å². The standard InChI is InChI=1S/C10H15O3/c1-3-5-6-7-13-10(12)9(4-2)8-11/h4,9H,2-3,5-7H2,1H3. The van der Waals surface area contributed by atoms with Crippen molar-refractivity contribution in [2.75, 3.05) is 6.61 Å². The van der Waals surface area contributed by atoms with E-state index in [-0.39, 0.29) is 0 Å². The van der Waals surface area contributed by atoms with E-state index in [1.807, 2.05) is 0 Å². The maximum atomic E-state index is 11.0. The molecule has 13 heavy (non-hydrogen) atoms. The molecule has 3 nitrogen and oxygen atoms in total. The first-order valence-corrected chi connectivity index (χ1v) is 4.43. The molecule has 0 rings (SSSR count). The van der Waals surface area contributed by atoms with Crippen LogP contribution in [0.25, 0.3) is 0 Å². The molecule has 0 aromatic rings. The van der Waals surface area contributed by atoms with E-state index in [0.717, 1.165) is 19.3 Å². The molecular weight excluding hydrogens is 168 g/mol. The van der Waals surface area contributed by atoms with Crippen LogP contribution in [0.1, 0.15) is 26.2 Å². The number of ether oxygens (including phenoxy) is 1. The maximum Gasteiger partial charge on any atom is 0.320 e. The van der Waals surface area contributed by atoms with Crippen molar-refractivity contribution in [2.45, 2.75) is 26.2 Å². The SMILES string of the molecule is C=CC([C]=O)C(=O)OCCCCC. The first-order valence-electron chi connectivity index (χ1n) is 4.43. The molecule has 1 atom stereocenters. The van der Waals surface area contributed by atoms with Gasteiger partial charge in [-0.15, -0.1) is 6.58 Å². The summed E-state index contributed by atoms with van der Waals surface area (Å²) in [6.07, 6.45) is 5.72. The second-order valence-electron chi connectivity index (χ2n) is 2.71. The van der Waals surface area contributed by atoms with Gasteiger partial charge in [0.05, 0.1) is 6.61 Å². The summed E-state index contributed by atoms with van der Waals surface area (Å²) in [5, 5.41) is 0. The summed E-state index contributed by atoms with van der Waals surface area (Å²) in [7, 11) is 0. The quantitative estimate of drug-likeness (QED) is 0.261. The Morgan fingerprint density at radius 2 is 2.31 bits per heavy atom. The molecule has 0 aromatic carbocycles. The van der Waals surface area contributed by atoms with Crippen LogP contribution in [0.3, 0.4) is 0 Å². The van der Waals surface area contributed by atoms with Gasteiger partial charge in [0.1, 0.15) is 5.92 Å². The lowest BCUT2D eigenvalue weighted by molar-refractivity contribution is -0.144. The zero-order valence-electron chi connectivity index (χ0n) is 7.91. The molecule has 73 valence electrons. The highest BCUT2D eigenvalue weighted by atomic mass is 16.5. The van der Waals surface area contributed by atoms with Crippen LogP contribution in [0, 0.1) is 5.92 Å². The van der Waals surface area contributed by atoms with Crippen LogP contribution >= 0.6 is 0 Å². The van der Waals surface area contributed by atoms with Crippen LogP contribution < -0.4 is 0 Å². The molecule has 0 spiro atoms. The van der Waals surface area contributed by atoms with Gasteiger partial charge in [-0.1, -0.05) is 25.8 Å². The van der Waals surface area contributed by atoms with Crippen molar-refractivity contribution in [3.8, 4) is 0 Å². The molecule has 0 aromatic heterocycles. The predicted octanol–water partition coefficient (Wildman–Crippen LogP) is 1.63. The van der Waals surface area contributed by atoms with Gasteiger partial charge in [0.25, 0.3) is 0 Å². The molecule has 0 aliphatic carbocycles. The lowest BCUT2D eigenvalue weighted by Gasteiger charge is -2.05. The Labute approximate surface area is 78.8 Å². The molecule has 0 saturated heterocycles. The van der Waals surface area contributed by atoms with Gasteiger partial charge in [0.15, 0.2) is 0 Å². The largest absolute Gasteiger partial charge is 0.465 e. The van der Waals surface area contributed by atoms with Gasteiger partial charge in [-0.25, -0.2) is 0 Å². The Kier molecular flexibility index (Phi) is 6.88. The number of carbonyl (C=O) groups is 1. The van der Waals surface area contributed by atoms with Gasteiger partial charge in [0.2, 0.25) is 6.29 Å². The highest BCUT2D eigenvalue weighted by Crippen LogP contribution is 2.00. The highest BCUT2D eigenvalue weighted by molar-refractivity contribution is 5.90. The molecule has 3 heteroatoms. The summed E-state index contributed by atoms with van der Waals surface area (Å²) in [6, 6.07) is 0. The van der Waals surface area contributed by atoms with Crippen molar-refractivity contribution in [3.63, 3.8) is 0 Å². The number of carbonyl (C=O) groups excluding carboxylic acids is 2. The van der Waals surface area contributed by atoms with Crippen LogP contribution in [0.5, 0.6) is 0 Å². The van der Waals surface area contributed by atoms with Crippen LogP contribution in [0.4, 0.5) is 0 Å². The van der Waals surface area contributed by atoms with Gasteiger partial charge in [-0.05, 0) is 6.42 Å². The number of hydrogen-bond acceptors (Lipinski definition) is 3. The molecule has 0 fully saturated rings. The second kappa shape index (κ2) is 7.53. The number of esters is 1. The zero-order chi connectivity index (χ0) is 10.1. The Morgan fingerprint density at radius 1 is 1.62 bits per heavy atom. The first-order chi connectivity index (χ1) is 6.26. The van der Waals surface area contributed by atoms with Crippen LogP contribution in [0.2, 0.25) is 0 Å². The molecule has 0 saturated carbocycles. The lowest BCUT2D eigenvalue weighted by atomic mass is 10.2. The van der Waals surface area contributed by atoms with Gasteiger partial charge < -0.3 is 4.74 Å². The van der Waals surface area contributed by atoms with E-state index >= 15 is 0 Å². The van der Waals surface area contributed by atoms with Crippen molar-refractivity contribution in [3.05, 3.63) is 12.7 Å². The van der Waals surface area contributed by atoms with E-state index in [4.69, 9.17) is 4.74 Å². The molecule has 0 N–H and O–H groups in total. The summed E-state index contributed by atoms with van der Waals surface area (Å²) in [6.45, 7) is 5.77. The highest BCUT2D eigenvalue weighted by Gasteiger charge is 2.15. The normalized spacial score (nSPS) is 11.8. The number of hydrogen-bond donors (Lipinski definition) is 0. The number of rotatable bonds is 7. The molecule has 1 unspecified atom stereocenters. The van der Waals surface area contributed by atoms with E-state index in [2.05, 4.69) is 13.5 Å². The van der Waals surface area contributed by atoms with Crippen LogP contribution in [0.15, 0.2) is 12.7 Å². The Balaban J connectivity index is 3.60. The summed E-state index contributed by atoms with van der Waals surface area (Å²) in [5.74, 6) is -1.48. The van der Waals surface area contributed by atoms with Crippen molar-refractivity contribution in [1.82, 2.24) is 0 Å². The minimum atomic E-state index is -0.929.